The number of carbonyl (C=O) groups excluding carboxylic acids is 2. The number of hydrogen-bond acceptors (Lipinski definition) is 4. The first-order chi connectivity index (χ1) is 7.99. The van der Waals surface area contributed by atoms with Gasteiger partial charge >= 0.3 is 5.97 Å². The summed E-state index contributed by atoms with van der Waals surface area (Å²) in [4.78, 5) is 33.8. The summed E-state index contributed by atoms with van der Waals surface area (Å²) in [6.45, 7) is 1.87. The van der Waals surface area contributed by atoms with Crippen molar-refractivity contribution in [2.24, 2.45) is 0 Å². The lowest BCUT2D eigenvalue weighted by molar-refractivity contribution is -0.138. The summed E-state index contributed by atoms with van der Waals surface area (Å²) in [5, 5.41) is 10.0. The highest BCUT2D eigenvalue weighted by Crippen LogP contribution is 2.12. The minimum Gasteiger partial charge on any atom is -0.481 e. The van der Waals surface area contributed by atoms with E-state index >= 15 is 0 Å². The second-order valence-electron chi connectivity index (χ2n) is 3.34. The summed E-state index contributed by atoms with van der Waals surface area (Å²) in [7, 11) is 0. The van der Waals surface area contributed by atoms with Crippen molar-refractivity contribution in [2.45, 2.75) is 19.8 Å². The van der Waals surface area contributed by atoms with Crippen molar-refractivity contribution >= 4 is 29.1 Å². The molecule has 17 heavy (non-hydrogen) atoms. The molecule has 1 aromatic heterocycles. The largest absolute Gasteiger partial charge is 0.481 e. The standard InChI is InChI=1S/C10H12N2O4S/c1-6-4-7(5-17-6)10(16)12-11-8(13)2-3-9(14)15/h4-5H,2-3H2,1H3,(H,11,13)(H,12,16)(H,14,15). The van der Waals surface area contributed by atoms with E-state index in [-0.39, 0.29) is 12.8 Å². The molecule has 0 saturated carbocycles. The van der Waals surface area contributed by atoms with Crippen LogP contribution in [0.15, 0.2) is 11.4 Å². The van der Waals surface area contributed by atoms with Crippen molar-refractivity contribution < 1.29 is 19.5 Å². The zero-order valence-corrected chi connectivity index (χ0v) is 9.97. The Kier molecular flexibility index (Phi) is 4.65. The first kappa shape index (κ1) is 13.2. The van der Waals surface area contributed by atoms with E-state index in [1.165, 1.54) is 11.3 Å². The van der Waals surface area contributed by atoms with Crippen molar-refractivity contribution in [3.8, 4) is 0 Å². The topological polar surface area (TPSA) is 95.5 Å². The Morgan fingerprint density at radius 2 is 2.00 bits per heavy atom. The number of rotatable bonds is 4. The van der Waals surface area contributed by atoms with Crippen LogP contribution in [0.3, 0.4) is 0 Å². The quantitative estimate of drug-likeness (QED) is 0.690. The van der Waals surface area contributed by atoms with Crippen molar-refractivity contribution in [2.75, 3.05) is 0 Å². The summed E-state index contributed by atoms with van der Waals surface area (Å²) in [5.74, 6) is -2.01. The number of hydrazine groups is 1. The van der Waals surface area contributed by atoms with Gasteiger partial charge in [-0.25, -0.2) is 0 Å². The number of carbonyl (C=O) groups is 3. The molecule has 0 radical (unpaired) electrons. The molecule has 0 aliphatic rings. The van der Waals surface area contributed by atoms with Crippen molar-refractivity contribution in [1.29, 1.82) is 0 Å². The molecule has 0 unspecified atom stereocenters. The van der Waals surface area contributed by atoms with Crippen LogP contribution in [0, 0.1) is 6.92 Å². The van der Waals surface area contributed by atoms with Gasteiger partial charge in [-0.1, -0.05) is 0 Å². The summed E-state index contributed by atoms with van der Waals surface area (Å²) in [6.07, 6.45) is -0.433. The van der Waals surface area contributed by atoms with Gasteiger partial charge < -0.3 is 5.11 Å². The third kappa shape index (κ3) is 4.64. The molecule has 6 nitrogen and oxygen atoms in total. The zero-order valence-electron chi connectivity index (χ0n) is 9.15. The summed E-state index contributed by atoms with van der Waals surface area (Å²) in [5.41, 5.74) is 4.82. The van der Waals surface area contributed by atoms with Gasteiger partial charge in [-0.05, 0) is 13.0 Å². The first-order valence-electron chi connectivity index (χ1n) is 4.85. The molecule has 2 amide bonds. The second kappa shape index (κ2) is 6.00. The lowest BCUT2D eigenvalue weighted by atomic mass is 10.3. The molecule has 92 valence electrons. The molecule has 0 aliphatic heterocycles. The normalized spacial score (nSPS) is 9.71. The predicted molar refractivity (Wildman–Crippen MR) is 61.5 cm³/mol. The SMILES string of the molecule is Cc1cc(C(=O)NNC(=O)CCC(=O)O)cs1. The van der Waals surface area contributed by atoms with E-state index in [4.69, 9.17) is 5.11 Å². The molecule has 1 aromatic rings. The Bertz CT molecular complexity index is 441. The van der Waals surface area contributed by atoms with Gasteiger partial charge in [0.05, 0.1) is 12.0 Å². The van der Waals surface area contributed by atoms with Crippen LogP contribution in [0.1, 0.15) is 28.1 Å². The van der Waals surface area contributed by atoms with Crippen LogP contribution in [-0.4, -0.2) is 22.9 Å². The minimum absolute atomic E-state index is 0.168. The number of carboxylic acids is 1. The first-order valence-corrected chi connectivity index (χ1v) is 5.73. The zero-order chi connectivity index (χ0) is 12.8. The monoisotopic (exact) mass is 256 g/mol. The molecular formula is C10H12N2O4S. The average Bonchev–Trinajstić information content (AvgIpc) is 2.70. The Hall–Kier alpha value is -1.89. The minimum atomic E-state index is -1.06. The molecule has 3 N–H and O–H groups in total. The van der Waals surface area contributed by atoms with Gasteiger partial charge in [0.15, 0.2) is 0 Å². The second-order valence-corrected chi connectivity index (χ2v) is 4.46. The van der Waals surface area contributed by atoms with Crippen LogP contribution in [0.2, 0.25) is 0 Å². The lowest BCUT2D eigenvalue weighted by Gasteiger charge is -2.04. The number of hydrogen-bond donors (Lipinski definition) is 3. The molecule has 0 saturated heterocycles. The fourth-order valence-electron chi connectivity index (χ4n) is 1.04. The van der Waals surface area contributed by atoms with Crippen molar-refractivity contribution in [3.63, 3.8) is 0 Å². The van der Waals surface area contributed by atoms with Crippen molar-refractivity contribution in [3.05, 3.63) is 21.9 Å². The number of amides is 2. The van der Waals surface area contributed by atoms with Gasteiger partial charge in [-0.2, -0.15) is 0 Å². The maximum absolute atomic E-state index is 11.5. The summed E-state index contributed by atoms with van der Waals surface area (Å²) in [6, 6.07) is 1.70. The van der Waals surface area contributed by atoms with E-state index < -0.39 is 17.8 Å². The molecule has 1 rings (SSSR count). The van der Waals surface area contributed by atoms with Gasteiger partial charge in [0.2, 0.25) is 5.91 Å². The Morgan fingerprint density at radius 1 is 1.29 bits per heavy atom. The molecule has 0 spiro atoms. The van der Waals surface area contributed by atoms with Crippen LogP contribution in [-0.2, 0) is 9.59 Å². The van der Waals surface area contributed by atoms with E-state index in [9.17, 15) is 14.4 Å². The number of thiophene rings is 1. The molecule has 1 heterocycles. The predicted octanol–water partition coefficient (Wildman–Crippen LogP) is 0.682. The third-order valence-electron chi connectivity index (χ3n) is 1.87. The lowest BCUT2D eigenvalue weighted by Crippen LogP contribution is -2.41. The average molecular weight is 256 g/mol. The van der Waals surface area contributed by atoms with E-state index in [1.807, 2.05) is 6.92 Å². The Balaban J connectivity index is 2.33. The van der Waals surface area contributed by atoms with Gasteiger partial charge in [0, 0.05) is 16.7 Å². The van der Waals surface area contributed by atoms with E-state index in [1.54, 1.807) is 11.4 Å². The molecule has 7 heteroatoms. The number of aliphatic carboxylic acids is 1. The van der Waals surface area contributed by atoms with E-state index in [2.05, 4.69) is 10.9 Å². The number of aryl methyl sites for hydroxylation is 1. The molecular weight excluding hydrogens is 244 g/mol. The fraction of sp³-hybridized carbons (Fsp3) is 0.300. The Labute approximate surface area is 102 Å². The maximum atomic E-state index is 11.5. The van der Waals surface area contributed by atoms with Crippen LogP contribution >= 0.6 is 11.3 Å². The van der Waals surface area contributed by atoms with Crippen LogP contribution < -0.4 is 10.9 Å². The Morgan fingerprint density at radius 3 is 2.53 bits per heavy atom. The van der Waals surface area contributed by atoms with Crippen molar-refractivity contribution in [1.82, 2.24) is 10.9 Å². The molecule has 0 atom stereocenters. The van der Waals surface area contributed by atoms with Crippen LogP contribution in [0.5, 0.6) is 0 Å². The molecule has 0 aliphatic carbocycles. The van der Waals surface area contributed by atoms with Crippen LogP contribution in [0.4, 0.5) is 0 Å². The van der Waals surface area contributed by atoms with Crippen LogP contribution in [0.25, 0.3) is 0 Å². The highest BCUT2D eigenvalue weighted by Gasteiger charge is 2.09. The molecule has 0 aromatic carbocycles. The summed E-state index contributed by atoms with van der Waals surface area (Å²) >= 11 is 1.43. The highest BCUT2D eigenvalue weighted by molar-refractivity contribution is 7.10. The van der Waals surface area contributed by atoms with Gasteiger partial charge in [-0.15, -0.1) is 11.3 Å². The van der Waals surface area contributed by atoms with Gasteiger partial charge in [0.1, 0.15) is 0 Å². The molecule has 0 bridgehead atoms. The van der Waals surface area contributed by atoms with Gasteiger partial charge in [-0.3, -0.25) is 25.2 Å². The smallest absolute Gasteiger partial charge is 0.303 e. The molecule has 0 fully saturated rings. The summed E-state index contributed by atoms with van der Waals surface area (Å²) < 4.78 is 0. The highest BCUT2D eigenvalue weighted by atomic mass is 32.1. The maximum Gasteiger partial charge on any atom is 0.303 e. The number of carboxylic acid groups (broad SMARTS) is 1. The third-order valence-corrected chi connectivity index (χ3v) is 2.74. The fourth-order valence-corrected chi connectivity index (χ4v) is 1.73. The van der Waals surface area contributed by atoms with E-state index in [0.29, 0.717) is 5.56 Å². The van der Waals surface area contributed by atoms with E-state index in [0.717, 1.165) is 4.88 Å². The number of nitrogens with one attached hydrogen (secondary N) is 2. The van der Waals surface area contributed by atoms with Gasteiger partial charge in [0.25, 0.3) is 5.91 Å².